The highest BCUT2D eigenvalue weighted by Gasteiger charge is 2.54. The van der Waals surface area contributed by atoms with Crippen LogP contribution in [-0.4, -0.2) is 80.3 Å². The second-order valence-electron chi connectivity index (χ2n) is 8.00. The number of aromatic nitrogens is 2. The van der Waals surface area contributed by atoms with Gasteiger partial charge in [0.15, 0.2) is 5.75 Å². The van der Waals surface area contributed by atoms with E-state index in [1.807, 2.05) is 0 Å². The zero-order valence-electron chi connectivity index (χ0n) is 19.1. The number of fused-ring (bicyclic) bond motifs is 1. The number of carbonyl (C=O) groups is 4. The summed E-state index contributed by atoms with van der Waals surface area (Å²) in [5.41, 5.74) is 7.03. The van der Waals surface area contributed by atoms with Gasteiger partial charge in [0, 0.05) is 17.2 Å². The molecular formula is C20H20N6O9S3. The minimum Gasteiger partial charge on any atom is -0.477 e. The molecule has 15 nitrogen and oxygen atoms in total. The van der Waals surface area contributed by atoms with Crippen LogP contribution in [0.4, 0.5) is 5.69 Å². The maximum absolute atomic E-state index is 12.9. The van der Waals surface area contributed by atoms with Crippen molar-refractivity contribution in [3.8, 4) is 0 Å². The number of hydrogen-bond acceptors (Lipinski definition) is 12. The number of carbonyl (C=O) groups excluding carboxylic acids is 3. The first kappa shape index (κ1) is 27.6. The lowest BCUT2D eigenvalue weighted by atomic mass is 10.0. The number of anilines is 1. The third-order valence-electron chi connectivity index (χ3n) is 5.43. The molecule has 1 fully saturated rings. The fourth-order valence-corrected chi connectivity index (χ4v) is 6.43. The van der Waals surface area contributed by atoms with Gasteiger partial charge in [-0.25, -0.2) is 4.79 Å². The van der Waals surface area contributed by atoms with E-state index in [0.717, 1.165) is 16.7 Å². The zero-order chi connectivity index (χ0) is 27.6. The number of nitrogens with two attached hydrogens (primary N) is 1. The number of carboxylic acids is 1. The summed E-state index contributed by atoms with van der Waals surface area (Å²) in [7, 11) is -4.36. The lowest BCUT2D eigenvalue weighted by Gasteiger charge is -2.49. The van der Waals surface area contributed by atoms with Gasteiger partial charge in [-0.05, 0) is 23.3 Å². The second-order valence-corrected chi connectivity index (χ2v) is 11.5. The largest absolute Gasteiger partial charge is 0.477 e. The van der Waals surface area contributed by atoms with Gasteiger partial charge in [0.1, 0.15) is 23.2 Å². The van der Waals surface area contributed by atoms with Crippen LogP contribution in [0.5, 0.6) is 0 Å². The molecule has 1 saturated heterocycles. The van der Waals surface area contributed by atoms with E-state index in [4.69, 9.17) is 14.7 Å². The molecular weight excluding hydrogens is 564 g/mol. The van der Waals surface area contributed by atoms with Crippen molar-refractivity contribution in [2.45, 2.75) is 28.4 Å². The molecule has 38 heavy (non-hydrogen) atoms. The van der Waals surface area contributed by atoms with Crippen LogP contribution in [0.15, 0.2) is 45.2 Å². The van der Waals surface area contributed by atoms with Crippen LogP contribution in [0.1, 0.15) is 17.5 Å². The molecule has 2 unspecified atom stereocenters. The van der Waals surface area contributed by atoms with E-state index < -0.39 is 51.1 Å². The Bertz CT molecular complexity index is 1430. The van der Waals surface area contributed by atoms with Crippen molar-refractivity contribution in [1.29, 1.82) is 0 Å². The molecule has 2 aliphatic rings. The normalized spacial score (nSPS) is 19.8. The summed E-state index contributed by atoms with van der Waals surface area (Å²) in [6.45, 7) is 0. The predicted octanol–water partition coefficient (Wildman–Crippen LogP) is -0.444. The molecule has 0 radical (unpaired) electrons. The Morgan fingerprint density at radius 3 is 2.82 bits per heavy atom. The number of β-lactam (4-membered cyclic amide) rings is 1. The Kier molecular flexibility index (Phi) is 8.07. The molecule has 1 aromatic carbocycles. The Balaban J connectivity index is 1.42. The number of hydrogen-bond donors (Lipinski definition) is 5. The number of aliphatic carboxylic acids is 1. The summed E-state index contributed by atoms with van der Waals surface area (Å²) in [5, 5.41) is 21.3. The van der Waals surface area contributed by atoms with Crippen molar-refractivity contribution in [2.75, 3.05) is 16.8 Å². The highest BCUT2D eigenvalue weighted by molar-refractivity contribution is 8.01. The van der Waals surface area contributed by atoms with Gasteiger partial charge < -0.3 is 25.9 Å². The Labute approximate surface area is 223 Å². The van der Waals surface area contributed by atoms with E-state index >= 15 is 0 Å². The van der Waals surface area contributed by atoms with Crippen LogP contribution in [0, 0.1) is 0 Å². The van der Waals surface area contributed by atoms with Crippen molar-refractivity contribution in [3.05, 3.63) is 47.0 Å². The van der Waals surface area contributed by atoms with Crippen molar-refractivity contribution in [2.24, 2.45) is 5.73 Å². The number of amides is 3. The minimum atomic E-state index is -4.36. The summed E-state index contributed by atoms with van der Waals surface area (Å²) in [4.78, 5) is 49.4. The van der Waals surface area contributed by atoms with Crippen LogP contribution in [-0.2, 0) is 35.0 Å². The molecule has 0 spiro atoms. The molecule has 18 heteroatoms. The zero-order valence-corrected chi connectivity index (χ0v) is 21.6. The van der Waals surface area contributed by atoms with Gasteiger partial charge >= 0.3 is 5.97 Å². The number of nitrogens with one attached hydrogen (secondary N) is 2. The number of nitrogens with zero attached hydrogens (tertiary/aromatic N) is 3. The van der Waals surface area contributed by atoms with Crippen molar-refractivity contribution < 1.29 is 41.7 Å². The van der Waals surface area contributed by atoms with Crippen molar-refractivity contribution >= 4 is 63.5 Å². The summed E-state index contributed by atoms with van der Waals surface area (Å²) in [6, 6.07) is 4.20. The van der Waals surface area contributed by atoms with E-state index in [1.165, 1.54) is 17.8 Å². The van der Waals surface area contributed by atoms with Crippen LogP contribution in [0.25, 0.3) is 0 Å². The average Bonchev–Trinajstić information content (AvgIpc) is 3.30. The maximum atomic E-state index is 12.9. The Morgan fingerprint density at radius 1 is 1.37 bits per heavy atom. The van der Waals surface area contributed by atoms with Gasteiger partial charge in [-0.1, -0.05) is 23.9 Å². The smallest absolute Gasteiger partial charge is 0.352 e. The third-order valence-corrected chi connectivity index (χ3v) is 8.28. The Hall–Kier alpha value is -3.45. The second kappa shape index (κ2) is 11.1. The molecule has 6 N–H and O–H groups in total. The summed E-state index contributed by atoms with van der Waals surface area (Å²) < 4.78 is 35.9. The molecule has 3 heterocycles. The average molecular weight is 585 g/mol. The van der Waals surface area contributed by atoms with E-state index in [-0.39, 0.29) is 28.3 Å². The molecule has 202 valence electrons. The standard InChI is InChI=1S/C20H20N6O9S3/c21-13(9-2-1-3-11(4-9)22-8-27)16(28)23-14-17(29)26-15(19(30)31)10(5-36-18(14)26)6-37-20-25-24-12(35-20)7-38(32,33)34/h1-4,8,13-14,18H,5-7,21H2,(H,22,27)(H,23,28)(H,30,31)(H,32,33,34)/t13?,14?,18-/m1/s1. The Morgan fingerprint density at radius 2 is 2.13 bits per heavy atom. The highest BCUT2D eigenvalue weighted by atomic mass is 32.2. The van der Waals surface area contributed by atoms with Crippen LogP contribution in [0.2, 0.25) is 0 Å². The minimum absolute atomic E-state index is 0.0468. The fourth-order valence-electron chi connectivity index (χ4n) is 3.74. The summed E-state index contributed by atoms with van der Waals surface area (Å²) in [6.07, 6.45) is 0.482. The van der Waals surface area contributed by atoms with Gasteiger partial charge in [-0.15, -0.1) is 22.0 Å². The SMILES string of the molecule is NC(C(=O)NC1C(=O)N2C(C(=O)O)=C(CSc3nnc(CS(=O)(=O)O)o3)CS[C@H]12)c1cccc(NC=O)c1. The predicted molar refractivity (Wildman–Crippen MR) is 133 cm³/mol. The van der Waals surface area contributed by atoms with Gasteiger partial charge in [-0.3, -0.25) is 23.8 Å². The summed E-state index contributed by atoms with van der Waals surface area (Å²) in [5.74, 6) is -3.53. The number of thioether (sulfide) groups is 2. The fraction of sp³-hybridized carbons (Fsp3) is 0.300. The molecule has 3 amide bonds. The lowest BCUT2D eigenvalue weighted by molar-refractivity contribution is -0.150. The van der Waals surface area contributed by atoms with Gasteiger partial charge in [0.25, 0.3) is 21.2 Å². The maximum Gasteiger partial charge on any atom is 0.352 e. The molecule has 3 atom stereocenters. The molecule has 2 aliphatic heterocycles. The molecule has 0 saturated carbocycles. The van der Waals surface area contributed by atoms with E-state index in [0.29, 0.717) is 23.2 Å². The first-order valence-corrected chi connectivity index (χ1v) is 14.3. The van der Waals surface area contributed by atoms with Crippen molar-refractivity contribution in [1.82, 2.24) is 20.4 Å². The third kappa shape index (κ3) is 5.99. The lowest BCUT2D eigenvalue weighted by Crippen LogP contribution is -2.71. The first-order chi connectivity index (χ1) is 18.0. The molecule has 1 aromatic heterocycles. The van der Waals surface area contributed by atoms with E-state index in [1.54, 1.807) is 18.2 Å². The van der Waals surface area contributed by atoms with Crippen LogP contribution >= 0.6 is 23.5 Å². The molecule has 4 rings (SSSR count). The van der Waals surface area contributed by atoms with Gasteiger partial charge in [-0.2, -0.15) is 8.42 Å². The number of carboxylic acid groups (broad SMARTS) is 1. The topological polar surface area (TPSA) is 235 Å². The molecule has 2 aromatic rings. The molecule has 0 bridgehead atoms. The van der Waals surface area contributed by atoms with Crippen LogP contribution < -0.4 is 16.4 Å². The quantitative estimate of drug-likeness (QED) is 0.0974. The first-order valence-electron chi connectivity index (χ1n) is 10.6. The van der Waals surface area contributed by atoms with E-state index in [2.05, 4.69) is 20.8 Å². The monoisotopic (exact) mass is 584 g/mol. The van der Waals surface area contributed by atoms with Gasteiger partial charge in [0.2, 0.25) is 18.2 Å². The summed E-state index contributed by atoms with van der Waals surface area (Å²) >= 11 is 2.19. The number of benzene rings is 1. The molecule has 0 aliphatic carbocycles. The van der Waals surface area contributed by atoms with Crippen molar-refractivity contribution in [3.63, 3.8) is 0 Å². The number of rotatable bonds is 11. The van der Waals surface area contributed by atoms with E-state index in [9.17, 15) is 32.7 Å². The van der Waals surface area contributed by atoms with Gasteiger partial charge in [0.05, 0.1) is 0 Å². The van der Waals surface area contributed by atoms with Crippen LogP contribution in [0.3, 0.4) is 0 Å². The highest BCUT2D eigenvalue weighted by Crippen LogP contribution is 2.41.